The van der Waals surface area contributed by atoms with Crippen LogP contribution in [0, 0.1) is 18.2 Å². The highest BCUT2D eigenvalue weighted by Crippen LogP contribution is 2.44. The van der Waals surface area contributed by atoms with E-state index in [9.17, 15) is 18.8 Å². The van der Waals surface area contributed by atoms with E-state index in [0.717, 1.165) is 103 Å². The van der Waals surface area contributed by atoms with Crippen LogP contribution in [0.3, 0.4) is 0 Å². The van der Waals surface area contributed by atoms with E-state index in [2.05, 4.69) is 31.2 Å². The molecule has 5 aromatic rings. The molecule has 0 atom stereocenters. The third-order valence-corrected chi connectivity index (χ3v) is 10.9. The van der Waals surface area contributed by atoms with Crippen LogP contribution in [-0.2, 0) is 11.2 Å². The van der Waals surface area contributed by atoms with E-state index in [0.29, 0.717) is 16.5 Å². The van der Waals surface area contributed by atoms with E-state index in [1.807, 2.05) is 57.5 Å². The van der Waals surface area contributed by atoms with Crippen molar-refractivity contribution < 1.29 is 18.7 Å². The van der Waals surface area contributed by atoms with Crippen molar-refractivity contribution >= 4 is 41.1 Å². The number of nitrogens with zero attached hydrogens (tertiary/aromatic N) is 3. The Morgan fingerprint density at radius 2 is 1.76 bits per heavy atom. The van der Waals surface area contributed by atoms with Gasteiger partial charge in [0.25, 0.3) is 0 Å². The topological polar surface area (TPSA) is 108 Å². The molecule has 2 saturated heterocycles. The van der Waals surface area contributed by atoms with Gasteiger partial charge in [-0.1, -0.05) is 0 Å². The Bertz CT molecular complexity index is 2050. The smallest absolute Gasteiger partial charge is 0.248 e. The Kier molecular flexibility index (Phi) is 11.1. The number of thiophene rings is 1. The van der Waals surface area contributed by atoms with Crippen LogP contribution in [0.15, 0.2) is 83.9 Å². The minimum atomic E-state index is -0.217. The molecule has 3 aliphatic rings. The summed E-state index contributed by atoms with van der Waals surface area (Å²) in [5, 5.41) is 2.96. The molecule has 2 aromatic carbocycles. The molecule has 9 nitrogen and oxygen atoms in total. The third kappa shape index (κ3) is 8.27. The van der Waals surface area contributed by atoms with Gasteiger partial charge >= 0.3 is 0 Å². The molecule has 0 bridgehead atoms. The lowest BCUT2D eigenvalue weighted by atomic mass is 9.73. The van der Waals surface area contributed by atoms with Crippen LogP contribution >= 0.6 is 11.3 Å². The molecular formula is C40H42FN5O4S. The molecule has 2 fully saturated rings. The first-order valence-electron chi connectivity index (χ1n) is 17.0. The van der Waals surface area contributed by atoms with Gasteiger partial charge in [0.05, 0.1) is 5.56 Å². The van der Waals surface area contributed by atoms with E-state index in [4.69, 9.17) is 4.74 Å². The van der Waals surface area contributed by atoms with Gasteiger partial charge in [-0.25, -0.2) is 9.37 Å². The molecule has 0 radical (unpaired) electrons. The van der Waals surface area contributed by atoms with Gasteiger partial charge in [0.2, 0.25) is 5.56 Å². The molecular weight excluding hydrogens is 666 g/mol. The lowest BCUT2D eigenvalue weighted by molar-refractivity contribution is -0.000497. The number of aldehydes is 2. The average molecular weight is 708 g/mol. The van der Waals surface area contributed by atoms with Crippen LogP contribution in [0.1, 0.15) is 44.7 Å². The number of hydrogen-bond acceptors (Lipinski definition) is 9. The summed E-state index contributed by atoms with van der Waals surface area (Å²) in [5.41, 5.74) is 7.92. The molecule has 0 unspecified atom stereocenters. The summed E-state index contributed by atoms with van der Waals surface area (Å²) in [6.07, 6.45) is 8.40. The van der Waals surface area contributed by atoms with Gasteiger partial charge < -0.3 is 24.8 Å². The predicted octanol–water partition coefficient (Wildman–Crippen LogP) is 7.26. The number of anilines is 3. The Morgan fingerprint density at radius 3 is 2.45 bits per heavy atom. The van der Waals surface area contributed by atoms with Crippen molar-refractivity contribution in [2.24, 2.45) is 5.41 Å². The first-order valence-corrected chi connectivity index (χ1v) is 17.8. The number of hydrogen-bond donors (Lipinski definition) is 2. The number of nitrogens with one attached hydrogen (secondary N) is 2. The molecule has 1 spiro atoms. The number of pyridine rings is 2. The van der Waals surface area contributed by atoms with Gasteiger partial charge in [-0.3, -0.25) is 14.4 Å². The van der Waals surface area contributed by atoms with Crippen LogP contribution < -0.4 is 20.7 Å². The van der Waals surface area contributed by atoms with E-state index in [1.165, 1.54) is 16.5 Å². The maximum Gasteiger partial charge on any atom is 0.248 e. The number of rotatable bonds is 5. The van der Waals surface area contributed by atoms with Gasteiger partial charge in [-0.05, 0) is 104 Å². The van der Waals surface area contributed by atoms with E-state index in [-0.39, 0.29) is 11.4 Å². The fourth-order valence-electron chi connectivity index (χ4n) is 6.70. The number of fused-ring (bicyclic) bond motifs is 3. The number of aromatic amines is 1. The maximum absolute atomic E-state index is 13.6. The second-order valence-corrected chi connectivity index (χ2v) is 14.3. The second kappa shape index (κ2) is 15.8. The molecule has 3 aromatic heterocycles. The van der Waals surface area contributed by atoms with E-state index in [1.54, 1.807) is 41.8 Å². The lowest BCUT2D eigenvalue weighted by Gasteiger charge is -2.53. The SMILES string of the molecule is CN1CCc2cc(-c3cc[nH]c(=O)c3)sc2-c2ccc(F)cc21.CNc1ccc(C=O)cc1.Cc1cnc(N2CC3(CCOCC3)C2)c(C=O)c1. The maximum atomic E-state index is 13.6. The Balaban J connectivity index is 0.000000142. The zero-order chi connectivity index (χ0) is 36.0. The van der Waals surface area contributed by atoms with Crippen molar-refractivity contribution in [3.63, 3.8) is 0 Å². The lowest BCUT2D eigenvalue weighted by Crippen LogP contribution is -2.59. The highest BCUT2D eigenvalue weighted by Gasteiger charge is 2.44. The Labute approximate surface area is 301 Å². The van der Waals surface area contributed by atoms with Crippen molar-refractivity contribution in [2.75, 3.05) is 62.1 Å². The summed E-state index contributed by atoms with van der Waals surface area (Å²) in [4.78, 5) is 46.4. The molecule has 0 amide bonds. The number of aryl methyl sites for hydroxylation is 1. The molecule has 11 heteroatoms. The van der Waals surface area contributed by atoms with Gasteiger partial charge in [-0.15, -0.1) is 11.3 Å². The summed E-state index contributed by atoms with van der Waals surface area (Å²) < 4.78 is 19.0. The summed E-state index contributed by atoms with van der Waals surface area (Å²) in [7, 11) is 3.84. The van der Waals surface area contributed by atoms with Crippen molar-refractivity contribution in [1.82, 2.24) is 9.97 Å². The van der Waals surface area contributed by atoms with Crippen LogP contribution in [0.5, 0.6) is 0 Å². The number of likely N-dealkylation sites (N-methyl/N-ethyl adjacent to an activating group) is 1. The van der Waals surface area contributed by atoms with Crippen molar-refractivity contribution in [1.29, 1.82) is 0 Å². The first kappa shape index (κ1) is 35.7. The summed E-state index contributed by atoms with van der Waals surface area (Å²) >= 11 is 1.66. The fourth-order valence-corrected chi connectivity index (χ4v) is 7.94. The average Bonchev–Trinajstić information content (AvgIpc) is 3.53. The van der Waals surface area contributed by atoms with Gasteiger partial charge in [0.1, 0.15) is 17.9 Å². The monoisotopic (exact) mass is 707 g/mol. The first-order chi connectivity index (χ1) is 24.7. The number of benzene rings is 2. The number of aromatic nitrogens is 2. The number of carbonyl (C=O) groups excluding carboxylic acids is 2. The van der Waals surface area contributed by atoms with Gasteiger partial charge in [0.15, 0.2) is 6.29 Å². The van der Waals surface area contributed by atoms with Crippen LogP contribution in [0.25, 0.3) is 20.9 Å². The zero-order valence-corrected chi connectivity index (χ0v) is 29.9. The Hall–Kier alpha value is -5.13. The Morgan fingerprint density at radius 1 is 1.00 bits per heavy atom. The highest BCUT2D eigenvalue weighted by molar-refractivity contribution is 7.19. The summed E-state index contributed by atoms with van der Waals surface area (Å²) in [6.45, 7) is 6.56. The van der Waals surface area contributed by atoms with Crippen molar-refractivity contribution in [2.45, 2.75) is 26.2 Å². The van der Waals surface area contributed by atoms with E-state index >= 15 is 0 Å². The molecule has 51 heavy (non-hydrogen) atoms. The molecule has 264 valence electrons. The minimum Gasteiger partial charge on any atom is -0.388 e. The zero-order valence-electron chi connectivity index (χ0n) is 29.1. The third-order valence-electron chi connectivity index (χ3n) is 9.60. The van der Waals surface area contributed by atoms with Crippen LogP contribution in [0.4, 0.5) is 21.6 Å². The molecule has 8 rings (SSSR count). The normalized spacial score (nSPS) is 15.5. The van der Waals surface area contributed by atoms with Gasteiger partial charge in [0, 0.05) is 103 Å². The molecule has 0 saturated carbocycles. The number of halogens is 1. The quantitative estimate of drug-likeness (QED) is 0.184. The largest absolute Gasteiger partial charge is 0.388 e. The minimum absolute atomic E-state index is 0.103. The number of carbonyl (C=O) groups is 2. The second-order valence-electron chi connectivity index (χ2n) is 13.2. The van der Waals surface area contributed by atoms with Crippen LogP contribution in [-0.4, -0.2) is 69.5 Å². The number of ether oxygens (including phenoxy) is 1. The molecule has 2 N–H and O–H groups in total. The number of H-pyrrole nitrogens is 1. The summed E-state index contributed by atoms with van der Waals surface area (Å²) in [5.74, 6) is 0.623. The predicted molar refractivity (Wildman–Crippen MR) is 203 cm³/mol. The molecule has 3 aliphatic heterocycles. The standard InChI is InChI=1S/C18H15FN2OS.C14H18N2O2.C8H9NO/c1-21-7-5-12-8-16(11-4-6-20-17(22)9-11)23-18(12)14-3-2-13(19)10-15(14)21;1-11-6-12(8-17)13(15-7-11)16-9-14(10-16)2-4-18-5-3-14;1-9-8-4-2-7(6-10)3-5-8/h2-4,6,8-10H,5,7H2,1H3,(H,20,22);6-8H,2-5,9-10H2,1H3;2-6,9H,1H3. The highest BCUT2D eigenvalue weighted by atomic mass is 32.1. The van der Waals surface area contributed by atoms with E-state index < -0.39 is 0 Å². The molecule has 6 heterocycles. The van der Waals surface area contributed by atoms with Gasteiger partial charge in [-0.2, -0.15) is 0 Å². The van der Waals surface area contributed by atoms with Crippen molar-refractivity contribution in [3.8, 4) is 20.9 Å². The van der Waals surface area contributed by atoms with Crippen molar-refractivity contribution in [3.05, 3.63) is 118 Å². The van der Waals surface area contributed by atoms with Crippen LogP contribution in [0.2, 0.25) is 0 Å². The summed E-state index contributed by atoms with van der Waals surface area (Å²) in [6, 6.07) is 19.8. The molecule has 0 aliphatic carbocycles. The fraction of sp³-hybridized carbons (Fsp3) is 0.300.